The second-order valence-electron chi connectivity index (χ2n) is 4.38. The largest absolute Gasteiger partial charge is 0.326 e. The van der Waals surface area contributed by atoms with Crippen molar-refractivity contribution in [1.29, 1.82) is 0 Å². The first-order valence-electron chi connectivity index (χ1n) is 5.89. The number of nitrogens with zero attached hydrogens (tertiary/aromatic N) is 3. The second kappa shape index (κ2) is 4.94. The Bertz CT molecular complexity index is 611. The van der Waals surface area contributed by atoms with Crippen molar-refractivity contribution < 1.29 is 4.79 Å². The van der Waals surface area contributed by atoms with Crippen molar-refractivity contribution >= 4 is 38.4 Å². The van der Waals surface area contributed by atoms with Crippen LogP contribution in [-0.4, -0.2) is 36.1 Å². The smallest absolute Gasteiger partial charge is 0.326 e. The number of thiazole rings is 1. The van der Waals surface area contributed by atoms with E-state index in [9.17, 15) is 4.79 Å². The lowest BCUT2D eigenvalue weighted by molar-refractivity contribution is 0.229. The zero-order valence-corrected chi connectivity index (χ0v) is 12.7. The van der Waals surface area contributed by atoms with Crippen LogP contribution in [0.3, 0.4) is 0 Å². The van der Waals surface area contributed by atoms with Crippen molar-refractivity contribution in [2.24, 2.45) is 0 Å². The van der Waals surface area contributed by atoms with Crippen molar-refractivity contribution in [1.82, 2.24) is 9.88 Å². The number of halogens is 1. The lowest BCUT2D eigenvalue weighted by atomic mass is 10.2. The van der Waals surface area contributed by atoms with Crippen molar-refractivity contribution in [2.45, 2.75) is 0 Å². The Morgan fingerprint density at radius 1 is 1.26 bits per heavy atom. The van der Waals surface area contributed by atoms with Gasteiger partial charge in [0, 0.05) is 35.6 Å². The van der Waals surface area contributed by atoms with Crippen LogP contribution in [0.1, 0.15) is 0 Å². The molecule has 4 nitrogen and oxygen atoms in total. The molecule has 0 bridgehead atoms. The Morgan fingerprint density at radius 2 is 2.00 bits per heavy atom. The Balaban J connectivity index is 1.87. The summed E-state index contributed by atoms with van der Waals surface area (Å²) >= 11 is 4.92. The van der Waals surface area contributed by atoms with Crippen LogP contribution in [0.15, 0.2) is 34.1 Å². The first-order valence-corrected chi connectivity index (χ1v) is 7.56. The average molecular weight is 338 g/mol. The summed E-state index contributed by atoms with van der Waals surface area (Å²) in [5.74, 6) is 0. The summed E-state index contributed by atoms with van der Waals surface area (Å²) in [6.07, 6.45) is 0. The number of carbonyl (C=O) groups excluding carboxylic acids is 1. The number of carbonyl (C=O) groups is 1. The molecule has 6 heteroatoms. The molecule has 1 aromatic heterocycles. The molecule has 2 amide bonds. The number of hydrogen-bond acceptors (Lipinski definition) is 3. The monoisotopic (exact) mass is 337 g/mol. The molecule has 1 fully saturated rings. The Morgan fingerprint density at radius 3 is 2.63 bits per heavy atom. The van der Waals surface area contributed by atoms with Crippen molar-refractivity contribution in [3.05, 3.63) is 34.1 Å². The fourth-order valence-electron chi connectivity index (χ4n) is 1.97. The van der Waals surface area contributed by atoms with Gasteiger partial charge in [0.15, 0.2) is 5.13 Å². The van der Waals surface area contributed by atoms with E-state index in [1.54, 1.807) is 9.80 Å². The SMILES string of the molecule is CN1CCN(c2nc(-c3ccc(Br)cc3)cs2)C1=O. The lowest BCUT2D eigenvalue weighted by Gasteiger charge is -2.11. The van der Waals surface area contributed by atoms with Crippen LogP contribution in [-0.2, 0) is 0 Å². The van der Waals surface area contributed by atoms with Crippen LogP contribution in [0.25, 0.3) is 11.3 Å². The predicted molar refractivity (Wildman–Crippen MR) is 80.6 cm³/mol. The maximum absolute atomic E-state index is 11.9. The van der Waals surface area contributed by atoms with Gasteiger partial charge < -0.3 is 4.90 Å². The summed E-state index contributed by atoms with van der Waals surface area (Å²) in [5, 5.41) is 2.76. The number of hydrogen-bond donors (Lipinski definition) is 0. The van der Waals surface area contributed by atoms with E-state index in [4.69, 9.17) is 0 Å². The fourth-order valence-corrected chi connectivity index (χ4v) is 3.08. The van der Waals surface area contributed by atoms with Gasteiger partial charge in [-0.05, 0) is 12.1 Å². The highest BCUT2D eigenvalue weighted by atomic mass is 79.9. The van der Waals surface area contributed by atoms with Crippen LogP contribution < -0.4 is 4.90 Å². The van der Waals surface area contributed by atoms with Crippen molar-refractivity contribution in [2.75, 3.05) is 25.0 Å². The van der Waals surface area contributed by atoms with Gasteiger partial charge in [0.2, 0.25) is 0 Å². The molecule has 2 heterocycles. The third kappa shape index (κ3) is 2.37. The summed E-state index contributed by atoms with van der Waals surface area (Å²) in [4.78, 5) is 19.9. The topological polar surface area (TPSA) is 36.4 Å². The molecule has 3 rings (SSSR count). The normalized spacial score (nSPS) is 15.4. The van der Waals surface area contributed by atoms with Crippen molar-refractivity contribution in [3.63, 3.8) is 0 Å². The minimum absolute atomic E-state index is 0.0247. The van der Waals surface area contributed by atoms with Gasteiger partial charge >= 0.3 is 6.03 Å². The first-order chi connectivity index (χ1) is 9.15. The molecule has 1 aliphatic rings. The summed E-state index contributed by atoms with van der Waals surface area (Å²) in [7, 11) is 1.81. The van der Waals surface area contributed by atoms with Gasteiger partial charge in [0.1, 0.15) is 0 Å². The first kappa shape index (κ1) is 12.6. The highest BCUT2D eigenvalue weighted by Gasteiger charge is 2.28. The van der Waals surface area contributed by atoms with E-state index in [0.717, 1.165) is 27.4 Å². The third-order valence-electron chi connectivity index (χ3n) is 3.08. The average Bonchev–Trinajstić information content (AvgIpc) is 2.99. The van der Waals surface area contributed by atoms with Crippen LogP contribution in [0.2, 0.25) is 0 Å². The summed E-state index contributed by atoms with van der Waals surface area (Å²) in [6, 6.07) is 8.03. The third-order valence-corrected chi connectivity index (χ3v) is 4.47. The number of amides is 2. The molecule has 0 spiro atoms. The molecule has 0 atom stereocenters. The van der Waals surface area contributed by atoms with Gasteiger partial charge in [-0.1, -0.05) is 28.1 Å². The van der Waals surface area contributed by atoms with Gasteiger partial charge in [0.05, 0.1) is 5.69 Å². The van der Waals surface area contributed by atoms with Crippen molar-refractivity contribution in [3.8, 4) is 11.3 Å². The van der Waals surface area contributed by atoms with Crippen LogP contribution in [0, 0.1) is 0 Å². The number of rotatable bonds is 2. The van der Waals surface area contributed by atoms with E-state index in [1.165, 1.54) is 11.3 Å². The van der Waals surface area contributed by atoms with Crippen LogP contribution >= 0.6 is 27.3 Å². The zero-order chi connectivity index (χ0) is 13.4. The standard InChI is InChI=1S/C13H12BrN3OS/c1-16-6-7-17(13(16)18)12-15-11(8-19-12)9-2-4-10(14)5-3-9/h2-5,8H,6-7H2,1H3. The van der Waals surface area contributed by atoms with Gasteiger partial charge in [-0.15, -0.1) is 11.3 Å². The maximum Gasteiger partial charge on any atom is 0.326 e. The summed E-state index contributed by atoms with van der Waals surface area (Å²) in [6.45, 7) is 1.47. The molecule has 0 unspecified atom stereocenters. The van der Waals surface area contributed by atoms with Gasteiger partial charge in [-0.3, -0.25) is 4.90 Å². The van der Waals surface area contributed by atoms with E-state index in [2.05, 4.69) is 20.9 Å². The number of aromatic nitrogens is 1. The molecule has 1 saturated heterocycles. The van der Waals surface area contributed by atoms with Gasteiger partial charge in [-0.2, -0.15) is 0 Å². The fraction of sp³-hybridized carbons (Fsp3) is 0.231. The molecule has 0 radical (unpaired) electrons. The Hall–Kier alpha value is -1.40. The molecule has 1 aromatic carbocycles. The molecular formula is C13H12BrN3OS. The van der Waals surface area contributed by atoms with Gasteiger partial charge in [-0.25, -0.2) is 9.78 Å². The van der Waals surface area contributed by atoms with E-state index >= 15 is 0 Å². The number of anilines is 1. The van der Waals surface area contributed by atoms with Crippen LogP contribution in [0.5, 0.6) is 0 Å². The number of urea groups is 1. The zero-order valence-electron chi connectivity index (χ0n) is 10.3. The molecule has 0 saturated carbocycles. The highest BCUT2D eigenvalue weighted by Crippen LogP contribution is 2.29. The summed E-state index contributed by atoms with van der Waals surface area (Å²) in [5.41, 5.74) is 1.97. The second-order valence-corrected chi connectivity index (χ2v) is 6.13. The number of benzene rings is 1. The van der Waals surface area contributed by atoms with E-state index < -0.39 is 0 Å². The quantitative estimate of drug-likeness (QED) is 0.841. The minimum atomic E-state index is 0.0247. The van der Waals surface area contributed by atoms with E-state index in [-0.39, 0.29) is 6.03 Å². The van der Waals surface area contributed by atoms with E-state index in [1.807, 2.05) is 36.7 Å². The highest BCUT2D eigenvalue weighted by molar-refractivity contribution is 9.10. The molecule has 0 aliphatic carbocycles. The molecule has 98 valence electrons. The van der Waals surface area contributed by atoms with Gasteiger partial charge in [0.25, 0.3) is 0 Å². The minimum Gasteiger partial charge on any atom is -0.326 e. The Labute approximate surface area is 123 Å². The lowest BCUT2D eigenvalue weighted by Crippen LogP contribution is -2.28. The predicted octanol–water partition coefficient (Wildman–Crippen LogP) is 3.44. The molecule has 1 aliphatic heterocycles. The maximum atomic E-state index is 11.9. The molecule has 2 aromatic rings. The molecular weight excluding hydrogens is 326 g/mol. The molecule has 19 heavy (non-hydrogen) atoms. The van der Waals surface area contributed by atoms with E-state index in [0.29, 0.717) is 6.54 Å². The van der Waals surface area contributed by atoms with Crippen LogP contribution in [0.4, 0.5) is 9.93 Å². The number of likely N-dealkylation sites (N-methyl/N-ethyl adjacent to an activating group) is 1. The molecule has 0 N–H and O–H groups in total. The Kier molecular flexibility index (Phi) is 3.28. The summed E-state index contributed by atoms with van der Waals surface area (Å²) < 4.78 is 1.04.